The van der Waals surface area contributed by atoms with Crippen LogP contribution in [0.3, 0.4) is 0 Å². The number of aliphatic hydroxyl groups is 3. The summed E-state index contributed by atoms with van der Waals surface area (Å²) in [6, 6.07) is 0. The Morgan fingerprint density at radius 2 is 2.04 bits per heavy atom. The first kappa shape index (κ1) is 20.7. The molecule has 3 aliphatic rings. The van der Waals surface area contributed by atoms with Gasteiger partial charge in [-0.2, -0.15) is 0 Å². The molecule has 156 valence electrons. The van der Waals surface area contributed by atoms with Crippen LogP contribution in [0.1, 0.15) is 13.3 Å². The Morgan fingerprint density at radius 3 is 2.71 bits per heavy atom. The van der Waals surface area contributed by atoms with Crippen molar-refractivity contribution in [1.82, 2.24) is 0 Å². The van der Waals surface area contributed by atoms with Crippen LogP contribution in [0.4, 0.5) is 0 Å². The lowest BCUT2D eigenvalue weighted by Crippen LogP contribution is -2.60. The SMILES string of the molecule is C=C[C@H]1[C@H](O[C@@H]2O[C@H](COC(C)=O)[C@@H](O)[C@H](O)[C@H]2O)OC=C2C(=O)OCC[C@H]21. The molecule has 0 aromatic rings. The first-order valence-electron chi connectivity index (χ1n) is 8.97. The van der Waals surface area contributed by atoms with Gasteiger partial charge in [0.25, 0.3) is 0 Å². The molecular formula is C18H24O10. The number of esters is 2. The molecule has 0 saturated carbocycles. The Kier molecular flexibility index (Phi) is 6.36. The third kappa shape index (κ3) is 4.06. The third-order valence-corrected chi connectivity index (χ3v) is 5.06. The summed E-state index contributed by atoms with van der Waals surface area (Å²) in [6.07, 6.45) is -4.65. The maximum Gasteiger partial charge on any atom is 0.337 e. The number of hydrogen-bond donors (Lipinski definition) is 3. The van der Waals surface area contributed by atoms with Crippen molar-refractivity contribution >= 4 is 11.9 Å². The van der Waals surface area contributed by atoms with Crippen molar-refractivity contribution in [3.63, 3.8) is 0 Å². The molecule has 8 atom stereocenters. The van der Waals surface area contributed by atoms with Crippen molar-refractivity contribution in [2.45, 2.75) is 50.3 Å². The van der Waals surface area contributed by atoms with Crippen LogP contribution in [0, 0.1) is 11.8 Å². The van der Waals surface area contributed by atoms with Crippen LogP contribution in [0.25, 0.3) is 0 Å². The van der Waals surface area contributed by atoms with E-state index in [9.17, 15) is 24.9 Å². The fourth-order valence-electron chi connectivity index (χ4n) is 3.52. The van der Waals surface area contributed by atoms with Gasteiger partial charge in [-0.3, -0.25) is 4.79 Å². The lowest BCUT2D eigenvalue weighted by atomic mass is 9.81. The summed E-state index contributed by atoms with van der Waals surface area (Å²) in [5.74, 6) is -1.71. The lowest BCUT2D eigenvalue weighted by molar-refractivity contribution is -0.339. The fourth-order valence-corrected chi connectivity index (χ4v) is 3.52. The highest BCUT2D eigenvalue weighted by Gasteiger charge is 2.48. The second kappa shape index (κ2) is 8.58. The summed E-state index contributed by atoms with van der Waals surface area (Å²) >= 11 is 0. The second-order valence-electron chi connectivity index (χ2n) is 6.88. The van der Waals surface area contributed by atoms with Crippen molar-refractivity contribution in [2.24, 2.45) is 11.8 Å². The van der Waals surface area contributed by atoms with Crippen LogP contribution in [0.5, 0.6) is 0 Å². The van der Waals surface area contributed by atoms with E-state index in [1.165, 1.54) is 13.2 Å². The summed E-state index contributed by atoms with van der Waals surface area (Å²) in [6.45, 7) is 4.89. The number of carbonyl (C=O) groups excluding carboxylic acids is 2. The molecule has 10 heteroatoms. The van der Waals surface area contributed by atoms with Crippen LogP contribution in [-0.2, 0) is 33.3 Å². The first-order valence-corrected chi connectivity index (χ1v) is 8.97. The average Bonchev–Trinajstić information content (AvgIpc) is 2.67. The molecule has 0 radical (unpaired) electrons. The highest BCUT2D eigenvalue weighted by Crippen LogP contribution is 2.38. The summed E-state index contributed by atoms with van der Waals surface area (Å²) in [5.41, 5.74) is 0.379. The van der Waals surface area contributed by atoms with Gasteiger partial charge in [0, 0.05) is 18.8 Å². The monoisotopic (exact) mass is 400 g/mol. The van der Waals surface area contributed by atoms with Gasteiger partial charge in [0.1, 0.15) is 31.0 Å². The number of carbonyl (C=O) groups is 2. The van der Waals surface area contributed by atoms with E-state index in [0.717, 1.165) is 0 Å². The minimum absolute atomic E-state index is 0.231. The van der Waals surface area contributed by atoms with Crippen LogP contribution in [0.2, 0.25) is 0 Å². The highest BCUT2D eigenvalue weighted by molar-refractivity contribution is 5.89. The van der Waals surface area contributed by atoms with Gasteiger partial charge in [-0.25, -0.2) is 4.79 Å². The minimum atomic E-state index is -1.58. The molecule has 0 aliphatic carbocycles. The minimum Gasteiger partial charge on any atom is -0.471 e. The predicted octanol–water partition coefficient (Wildman–Crippen LogP) is -1.02. The van der Waals surface area contributed by atoms with Gasteiger partial charge in [0.15, 0.2) is 6.29 Å². The van der Waals surface area contributed by atoms with E-state index in [4.69, 9.17) is 23.7 Å². The van der Waals surface area contributed by atoms with Gasteiger partial charge >= 0.3 is 11.9 Å². The van der Waals surface area contributed by atoms with Crippen molar-refractivity contribution in [3.8, 4) is 0 Å². The van der Waals surface area contributed by atoms with Crippen LogP contribution in [-0.4, -0.2) is 77.5 Å². The molecule has 0 bridgehead atoms. The van der Waals surface area contributed by atoms with Crippen LogP contribution >= 0.6 is 0 Å². The number of aliphatic hydroxyl groups excluding tert-OH is 3. The lowest BCUT2D eigenvalue weighted by Gasteiger charge is -2.43. The molecule has 2 saturated heterocycles. The van der Waals surface area contributed by atoms with E-state index in [1.807, 2.05) is 0 Å². The average molecular weight is 400 g/mol. The largest absolute Gasteiger partial charge is 0.471 e. The fraction of sp³-hybridized carbons (Fsp3) is 0.667. The van der Waals surface area contributed by atoms with E-state index >= 15 is 0 Å². The molecule has 10 nitrogen and oxygen atoms in total. The molecule has 3 rings (SSSR count). The molecule has 3 aliphatic heterocycles. The Hall–Kier alpha value is -1.98. The van der Waals surface area contributed by atoms with Crippen molar-refractivity contribution in [2.75, 3.05) is 13.2 Å². The molecule has 0 unspecified atom stereocenters. The molecule has 0 aromatic heterocycles. The zero-order chi connectivity index (χ0) is 20.4. The molecule has 3 N–H and O–H groups in total. The quantitative estimate of drug-likeness (QED) is 0.388. The van der Waals surface area contributed by atoms with E-state index in [0.29, 0.717) is 12.0 Å². The zero-order valence-corrected chi connectivity index (χ0v) is 15.3. The number of cyclic esters (lactones) is 1. The van der Waals surface area contributed by atoms with Gasteiger partial charge in [0.05, 0.1) is 18.4 Å². The van der Waals surface area contributed by atoms with E-state index in [2.05, 4.69) is 6.58 Å². The Labute approximate surface area is 161 Å². The van der Waals surface area contributed by atoms with Crippen molar-refractivity contribution in [3.05, 3.63) is 24.5 Å². The maximum absolute atomic E-state index is 11.9. The number of ether oxygens (including phenoxy) is 5. The van der Waals surface area contributed by atoms with Crippen molar-refractivity contribution in [1.29, 1.82) is 0 Å². The maximum atomic E-state index is 11.9. The smallest absolute Gasteiger partial charge is 0.337 e. The van der Waals surface area contributed by atoms with Gasteiger partial charge in [-0.05, 0) is 6.42 Å². The highest BCUT2D eigenvalue weighted by atomic mass is 16.8. The van der Waals surface area contributed by atoms with Gasteiger partial charge < -0.3 is 39.0 Å². The predicted molar refractivity (Wildman–Crippen MR) is 90.1 cm³/mol. The van der Waals surface area contributed by atoms with E-state index in [-0.39, 0.29) is 19.1 Å². The molecule has 2 fully saturated rings. The standard InChI is InChI=1S/C18H24O10/c1-3-9-10-4-5-24-16(23)11(10)6-26-17(9)28-18-15(22)14(21)13(20)12(27-18)7-25-8(2)19/h3,6,9-10,12-15,17-18,20-22H,1,4-5,7H2,2H3/t9-,10+,12-,13-,14+,15-,17+,18+/m1/s1. The molecule has 28 heavy (non-hydrogen) atoms. The van der Waals surface area contributed by atoms with Gasteiger partial charge in [-0.1, -0.05) is 6.08 Å². The molecule has 0 aromatic carbocycles. The van der Waals surface area contributed by atoms with E-state index in [1.54, 1.807) is 6.08 Å². The Balaban J connectivity index is 1.72. The second-order valence-corrected chi connectivity index (χ2v) is 6.88. The van der Waals surface area contributed by atoms with Crippen molar-refractivity contribution < 1.29 is 48.6 Å². The zero-order valence-electron chi connectivity index (χ0n) is 15.3. The molecular weight excluding hydrogens is 376 g/mol. The molecule has 3 heterocycles. The Morgan fingerprint density at radius 1 is 1.29 bits per heavy atom. The summed E-state index contributed by atoms with van der Waals surface area (Å²) < 4.78 is 26.5. The third-order valence-electron chi connectivity index (χ3n) is 5.06. The van der Waals surface area contributed by atoms with Crippen LogP contribution < -0.4 is 0 Å². The number of rotatable bonds is 5. The summed E-state index contributed by atoms with van der Waals surface area (Å²) in [4.78, 5) is 22.9. The van der Waals surface area contributed by atoms with Crippen LogP contribution in [0.15, 0.2) is 24.5 Å². The molecule has 0 spiro atoms. The Bertz CT molecular complexity index is 646. The summed E-state index contributed by atoms with van der Waals surface area (Å²) in [7, 11) is 0. The van der Waals surface area contributed by atoms with Gasteiger partial charge in [-0.15, -0.1) is 6.58 Å². The van der Waals surface area contributed by atoms with Gasteiger partial charge in [0.2, 0.25) is 6.29 Å². The summed E-state index contributed by atoms with van der Waals surface area (Å²) in [5, 5.41) is 30.4. The molecule has 0 amide bonds. The topological polar surface area (TPSA) is 141 Å². The van der Waals surface area contributed by atoms with E-state index < -0.39 is 54.9 Å². The number of fused-ring (bicyclic) bond motifs is 1. The first-order chi connectivity index (χ1) is 13.3. The normalized spacial score (nSPS) is 40.4. The number of hydrogen-bond acceptors (Lipinski definition) is 10.